The summed E-state index contributed by atoms with van der Waals surface area (Å²) in [7, 11) is 1.20. The molecule has 5 nitrogen and oxygen atoms in total. The number of hydrogen-bond acceptors (Lipinski definition) is 5. The van der Waals surface area contributed by atoms with E-state index in [-0.39, 0.29) is 22.4 Å². The Morgan fingerprint density at radius 1 is 1.60 bits per heavy atom. The summed E-state index contributed by atoms with van der Waals surface area (Å²) in [6.07, 6.45) is 0. The summed E-state index contributed by atoms with van der Waals surface area (Å²) in [6, 6.07) is 4.19. The normalized spacial score (nSPS) is 9.40. The van der Waals surface area contributed by atoms with Gasteiger partial charge in [0, 0.05) is 5.56 Å². The number of benzene rings is 1. The summed E-state index contributed by atoms with van der Waals surface area (Å²) >= 11 is 0. The summed E-state index contributed by atoms with van der Waals surface area (Å²) in [6.45, 7) is -0.462. The molecule has 0 aliphatic rings. The average Bonchev–Trinajstić information content (AvgIpc) is 2.26. The van der Waals surface area contributed by atoms with Crippen LogP contribution in [0.4, 0.5) is 0 Å². The van der Waals surface area contributed by atoms with Gasteiger partial charge in [-0.15, -0.1) is 0 Å². The zero-order valence-corrected chi connectivity index (χ0v) is 8.02. The van der Waals surface area contributed by atoms with E-state index in [0.717, 1.165) is 6.07 Å². The number of hydrogen-bond donors (Lipinski definition) is 2. The summed E-state index contributed by atoms with van der Waals surface area (Å²) in [5.41, 5.74) is 0.229. The van der Waals surface area contributed by atoms with Crippen molar-refractivity contribution in [1.29, 1.82) is 5.26 Å². The van der Waals surface area contributed by atoms with Gasteiger partial charge >= 0.3 is 5.97 Å². The van der Waals surface area contributed by atoms with Crippen molar-refractivity contribution in [3.05, 3.63) is 28.8 Å². The van der Waals surface area contributed by atoms with Crippen LogP contribution in [0.3, 0.4) is 0 Å². The number of esters is 1. The maximum atomic E-state index is 11.1. The number of rotatable bonds is 2. The highest BCUT2D eigenvalue weighted by Gasteiger charge is 2.13. The van der Waals surface area contributed by atoms with Gasteiger partial charge in [0.2, 0.25) is 0 Å². The van der Waals surface area contributed by atoms with E-state index in [2.05, 4.69) is 4.74 Å². The van der Waals surface area contributed by atoms with Gasteiger partial charge in [-0.3, -0.25) is 0 Å². The molecule has 0 fully saturated rings. The molecule has 0 spiro atoms. The van der Waals surface area contributed by atoms with Crippen LogP contribution < -0.4 is 0 Å². The Hall–Kier alpha value is -2.06. The Kier molecular flexibility index (Phi) is 3.26. The van der Waals surface area contributed by atoms with E-state index in [1.165, 1.54) is 13.2 Å². The average molecular weight is 207 g/mol. The lowest BCUT2D eigenvalue weighted by atomic mass is 10.0. The van der Waals surface area contributed by atoms with Crippen molar-refractivity contribution < 1.29 is 19.7 Å². The van der Waals surface area contributed by atoms with E-state index in [1.807, 2.05) is 0 Å². The number of nitrogens with zero attached hydrogens (tertiary/aromatic N) is 1. The number of ether oxygens (including phenoxy) is 1. The Labute approximate surface area is 86.1 Å². The lowest BCUT2D eigenvalue weighted by molar-refractivity contribution is 0.0600. The highest BCUT2D eigenvalue weighted by Crippen LogP contribution is 2.23. The van der Waals surface area contributed by atoms with E-state index in [4.69, 9.17) is 10.4 Å². The molecule has 1 aromatic carbocycles. The zero-order chi connectivity index (χ0) is 11.4. The van der Waals surface area contributed by atoms with Crippen LogP contribution in [0.25, 0.3) is 0 Å². The Balaban J connectivity index is 3.33. The SMILES string of the molecule is COC(=O)c1cc(O)c(CO)c(C#N)c1. The van der Waals surface area contributed by atoms with Gasteiger partial charge in [0.25, 0.3) is 0 Å². The molecule has 78 valence electrons. The van der Waals surface area contributed by atoms with Gasteiger partial charge in [0.1, 0.15) is 5.75 Å². The van der Waals surface area contributed by atoms with Crippen LogP contribution in [-0.4, -0.2) is 23.3 Å². The fourth-order valence-electron chi connectivity index (χ4n) is 1.16. The maximum absolute atomic E-state index is 11.1. The van der Waals surface area contributed by atoms with E-state index < -0.39 is 12.6 Å². The number of phenols is 1. The molecule has 0 aliphatic carbocycles. The second kappa shape index (κ2) is 4.44. The third-order valence-electron chi connectivity index (χ3n) is 1.93. The van der Waals surface area contributed by atoms with Gasteiger partial charge in [0.05, 0.1) is 30.9 Å². The van der Waals surface area contributed by atoms with Gasteiger partial charge in [0.15, 0.2) is 0 Å². The Morgan fingerprint density at radius 3 is 2.73 bits per heavy atom. The minimum atomic E-state index is -0.647. The van der Waals surface area contributed by atoms with Gasteiger partial charge in [-0.25, -0.2) is 4.79 Å². The van der Waals surface area contributed by atoms with Crippen molar-refractivity contribution in [2.75, 3.05) is 7.11 Å². The summed E-state index contributed by atoms with van der Waals surface area (Å²) in [5.74, 6) is -0.941. The number of methoxy groups -OCH3 is 1. The first-order valence-electron chi connectivity index (χ1n) is 4.09. The lowest BCUT2D eigenvalue weighted by Gasteiger charge is -2.06. The summed E-state index contributed by atoms with van der Waals surface area (Å²) in [5, 5.41) is 27.0. The minimum absolute atomic E-state index is 0.0536. The molecule has 15 heavy (non-hydrogen) atoms. The number of aliphatic hydroxyl groups excluding tert-OH is 1. The Bertz CT molecular complexity index is 434. The van der Waals surface area contributed by atoms with Crippen LogP contribution in [0.15, 0.2) is 12.1 Å². The molecule has 0 bridgehead atoms. The van der Waals surface area contributed by atoms with Crippen molar-refractivity contribution in [2.45, 2.75) is 6.61 Å². The molecule has 0 heterocycles. The van der Waals surface area contributed by atoms with Gasteiger partial charge in [-0.2, -0.15) is 5.26 Å². The third kappa shape index (κ3) is 2.06. The van der Waals surface area contributed by atoms with E-state index >= 15 is 0 Å². The molecule has 2 N–H and O–H groups in total. The molecule has 0 saturated carbocycles. The molecular formula is C10H9NO4. The zero-order valence-electron chi connectivity index (χ0n) is 8.02. The van der Waals surface area contributed by atoms with Gasteiger partial charge < -0.3 is 14.9 Å². The number of aromatic hydroxyl groups is 1. The highest BCUT2D eigenvalue weighted by atomic mass is 16.5. The summed E-state index contributed by atoms with van der Waals surface area (Å²) in [4.78, 5) is 11.1. The Morgan fingerprint density at radius 2 is 2.27 bits per heavy atom. The topological polar surface area (TPSA) is 90.6 Å². The molecule has 0 aliphatic heterocycles. The molecule has 1 rings (SSSR count). The first kappa shape index (κ1) is 11.0. The fraction of sp³-hybridized carbons (Fsp3) is 0.200. The quantitative estimate of drug-likeness (QED) is 0.691. The van der Waals surface area contributed by atoms with Crippen LogP contribution >= 0.6 is 0 Å². The van der Waals surface area contributed by atoms with Crippen molar-refractivity contribution in [1.82, 2.24) is 0 Å². The predicted octanol–water partition coefficient (Wildman–Crippen LogP) is 0.543. The summed E-state index contributed by atoms with van der Waals surface area (Å²) < 4.78 is 4.44. The molecule has 0 aromatic heterocycles. The molecule has 0 saturated heterocycles. The lowest BCUT2D eigenvalue weighted by Crippen LogP contribution is -2.03. The number of carbonyl (C=O) groups is 1. The number of nitriles is 1. The highest BCUT2D eigenvalue weighted by molar-refractivity contribution is 5.90. The molecule has 0 atom stereocenters. The van der Waals surface area contributed by atoms with Gasteiger partial charge in [-0.1, -0.05) is 0 Å². The standard InChI is InChI=1S/C10H9NO4/c1-15-10(14)6-2-7(4-11)8(5-12)9(13)3-6/h2-3,12-13H,5H2,1H3. The number of aliphatic hydroxyl groups is 1. The third-order valence-corrected chi connectivity index (χ3v) is 1.93. The molecule has 1 aromatic rings. The first-order chi connectivity index (χ1) is 7.13. The maximum Gasteiger partial charge on any atom is 0.338 e. The van der Waals surface area contributed by atoms with E-state index in [1.54, 1.807) is 6.07 Å². The molecule has 0 amide bonds. The van der Waals surface area contributed by atoms with E-state index in [0.29, 0.717) is 0 Å². The fourth-order valence-corrected chi connectivity index (χ4v) is 1.16. The van der Waals surface area contributed by atoms with Crippen LogP contribution in [-0.2, 0) is 11.3 Å². The molecular weight excluding hydrogens is 198 g/mol. The van der Waals surface area contributed by atoms with E-state index in [9.17, 15) is 9.90 Å². The van der Waals surface area contributed by atoms with Crippen molar-refractivity contribution in [3.63, 3.8) is 0 Å². The van der Waals surface area contributed by atoms with Crippen LogP contribution in [0.5, 0.6) is 5.75 Å². The van der Waals surface area contributed by atoms with Crippen LogP contribution in [0, 0.1) is 11.3 Å². The number of carbonyl (C=O) groups excluding carboxylic acids is 1. The smallest absolute Gasteiger partial charge is 0.338 e. The van der Waals surface area contributed by atoms with Crippen molar-refractivity contribution in [3.8, 4) is 11.8 Å². The van der Waals surface area contributed by atoms with Crippen LogP contribution in [0.1, 0.15) is 21.5 Å². The molecule has 0 unspecified atom stereocenters. The first-order valence-corrected chi connectivity index (χ1v) is 4.09. The second-order valence-corrected chi connectivity index (χ2v) is 2.78. The van der Waals surface area contributed by atoms with Crippen LogP contribution in [0.2, 0.25) is 0 Å². The van der Waals surface area contributed by atoms with Crippen molar-refractivity contribution in [2.24, 2.45) is 0 Å². The largest absolute Gasteiger partial charge is 0.508 e. The van der Waals surface area contributed by atoms with Gasteiger partial charge in [-0.05, 0) is 12.1 Å². The monoisotopic (exact) mass is 207 g/mol. The van der Waals surface area contributed by atoms with Crippen molar-refractivity contribution >= 4 is 5.97 Å². The predicted molar refractivity (Wildman–Crippen MR) is 50.1 cm³/mol. The molecule has 0 radical (unpaired) electrons. The minimum Gasteiger partial charge on any atom is -0.508 e. The second-order valence-electron chi connectivity index (χ2n) is 2.78. The molecule has 5 heteroatoms.